The van der Waals surface area contributed by atoms with Crippen molar-refractivity contribution < 1.29 is 23.1 Å². The lowest BCUT2D eigenvalue weighted by atomic mass is 9.99. The molecule has 0 aliphatic carbocycles. The van der Waals surface area contributed by atoms with Gasteiger partial charge in [-0.1, -0.05) is 55.8 Å². The summed E-state index contributed by atoms with van der Waals surface area (Å²) in [6.07, 6.45) is -0.119. The van der Waals surface area contributed by atoms with Crippen LogP contribution in [0.1, 0.15) is 30.5 Å². The number of carboxylic acid groups (broad SMARTS) is 1. The van der Waals surface area contributed by atoms with Crippen molar-refractivity contribution in [1.82, 2.24) is 4.90 Å². The molecule has 10 heteroatoms. The number of rotatable bonds is 11. The highest BCUT2D eigenvalue weighted by atomic mass is 35.5. The first-order valence-electron chi connectivity index (χ1n) is 12.6. The van der Waals surface area contributed by atoms with Crippen molar-refractivity contribution in [2.24, 2.45) is 0 Å². The van der Waals surface area contributed by atoms with Crippen LogP contribution in [0.4, 0.5) is 11.4 Å². The molecular weight excluding hydrogens is 538 g/mol. The second-order valence-electron chi connectivity index (χ2n) is 9.16. The van der Waals surface area contributed by atoms with Gasteiger partial charge in [0.2, 0.25) is 0 Å². The zero-order valence-corrected chi connectivity index (χ0v) is 23.3. The van der Waals surface area contributed by atoms with Gasteiger partial charge in [0.25, 0.3) is 5.91 Å². The van der Waals surface area contributed by atoms with Crippen LogP contribution < -0.4 is 10.6 Å². The predicted octanol–water partition coefficient (Wildman–Crippen LogP) is 5.02. The van der Waals surface area contributed by atoms with Gasteiger partial charge in [-0.25, -0.2) is 8.42 Å². The Morgan fingerprint density at radius 2 is 1.67 bits per heavy atom. The third kappa shape index (κ3) is 6.68. The fourth-order valence-corrected chi connectivity index (χ4v) is 5.89. The van der Waals surface area contributed by atoms with Gasteiger partial charge in [0, 0.05) is 22.8 Å². The summed E-state index contributed by atoms with van der Waals surface area (Å²) < 4.78 is 25.8. The summed E-state index contributed by atoms with van der Waals surface area (Å²) in [5, 5.41) is 15.7. The standard InChI is InChI=1S/C29H30ClN3O5S/c1-3-33(4-2)15-16-39(37,38)23-12-10-22(11-13-23)31-28(20-7-5-19(6-8-20)17-26(34)35)27-24-14-9-21(30)18-25(24)32-29(27)36/h5-14,18,31H,3-4,15-17H2,1-2H3,(H,32,36)(H,34,35). The number of hydrogen-bond donors (Lipinski definition) is 3. The summed E-state index contributed by atoms with van der Waals surface area (Å²) in [4.78, 5) is 26.5. The number of carboxylic acids is 1. The second-order valence-corrected chi connectivity index (χ2v) is 11.7. The minimum atomic E-state index is -3.46. The zero-order valence-electron chi connectivity index (χ0n) is 21.7. The molecule has 4 rings (SSSR count). The first kappa shape index (κ1) is 28.4. The van der Waals surface area contributed by atoms with Gasteiger partial charge in [-0.2, -0.15) is 0 Å². The molecule has 3 N–H and O–H groups in total. The Hall–Kier alpha value is -3.66. The average Bonchev–Trinajstić information content (AvgIpc) is 3.22. The fraction of sp³-hybridized carbons (Fsp3) is 0.241. The number of carbonyl (C=O) groups excluding carboxylic acids is 1. The van der Waals surface area contributed by atoms with Crippen molar-refractivity contribution in [3.05, 3.63) is 88.4 Å². The fourth-order valence-electron chi connectivity index (χ4n) is 4.43. The molecule has 1 heterocycles. The van der Waals surface area contributed by atoms with Gasteiger partial charge in [0.05, 0.1) is 34.0 Å². The number of halogens is 1. The molecule has 1 amide bonds. The number of aliphatic carboxylic acids is 1. The molecule has 0 aromatic heterocycles. The third-order valence-electron chi connectivity index (χ3n) is 6.63. The highest BCUT2D eigenvalue weighted by molar-refractivity contribution is 7.91. The van der Waals surface area contributed by atoms with Crippen molar-refractivity contribution in [2.45, 2.75) is 25.2 Å². The van der Waals surface area contributed by atoms with Crippen molar-refractivity contribution in [2.75, 3.05) is 36.0 Å². The number of nitrogens with zero attached hydrogens (tertiary/aromatic N) is 1. The lowest BCUT2D eigenvalue weighted by molar-refractivity contribution is -0.136. The lowest BCUT2D eigenvalue weighted by Crippen LogP contribution is -2.29. The van der Waals surface area contributed by atoms with Crippen LogP contribution in [0.3, 0.4) is 0 Å². The smallest absolute Gasteiger partial charge is 0.307 e. The van der Waals surface area contributed by atoms with E-state index in [9.17, 15) is 18.0 Å². The number of amides is 1. The molecule has 0 spiro atoms. The van der Waals surface area contributed by atoms with E-state index in [1.54, 1.807) is 66.7 Å². The normalized spacial score (nSPS) is 14.2. The van der Waals surface area contributed by atoms with Crippen LogP contribution in [0, 0.1) is 0 Å². The van der Waals surface area contributed by atoms with Crippen LogP contribution in [-0.2, 0) is 25.8 Å². The monoisotopic (exact) mass is 567 g/mol. The third-order valence-corrected chi connectivity index (χ3v) is 8.57. The van der Waals surface area contributed by atoms with Crippen LogP contribution in [0.15, 0.2) is 71.6 Å². The molecule has 204 valence electrons. The van der Waals surface area contributed by atoms with E-state index in [2.05, 4.69) is 15.5 Å². The van der Waals surface area contributed by atoms with E-state index in [-0.39, 0.29) is 23.0 Å². The second kappa shape index (κ2) is 12.0. The van der Waals surface area contributed by atoms with Gasteiger partial charge in [-0.05, 0) is 60.6 Å². The summed E-state index contributed by atoms with van der Waals surface area (Å²) >= 11 is 6.13. The highest BCUT2D eigenvalue weighted by Gasteiger charge is 2.29. The summed E-state index contributed by atoms with van der Waals surface area (Å²) in [6, 6.07) is 18.5. The first-order valence-corrected chi connectivity index (χ1v) is 14.6. The molecule has 3 aromatic rings. The molecule has 0 radical (unpaired) electrons. The molecule has 39 heavy (non-hydrogen) atoms. The van der Waals surface area contributed by atoms with Gasteiger partial charge < -0.3 is 20.6 Å². The van der Waals surface area contributed by atoms with Crippen molar-refractivity contribution in [1.29, 1.82) is 0 Å². The Kier molecular flexibility index (Phi) is 8.74. The summed E-state index contributed by atoms with van der Waals surface area (Å²) in [7, 11) is -3.46. The Morgan fingerprint density at radius 3 is 2.28 bits per heavy atom. The quantitative estimate of drug-likeness (QED) is 0.279. The van der Waals surface area contributed by atoms with E-state index < -0.39 is 15.8 Å². The lowest BCUT2D eigenvalue weighted by Gasteiger charge is -2.18. The van der Waals surface area contributed by atoms with Crippen molar-refractivity contribution in [3.63, 3.8) is 0 Å². The summed E-state index contributed by atoms with van der Waals surface area (Å²) in [6.45, 7) is 6.03. The zero-order chi connectivity index (χ0) is 28.2. The predicted molar refractivity (Wildman–Crippen MR) is 155 cm³/mol. The Bertz CT molecular complexity index is 1510. The molecule has 0 saturated carbocycles. The summed E-state index contributed by atoms with van der Waals surface area (Å²) in [5.74, 6) is -1.23. The van der Waals surface area contributed by atoms with E-state index in [1.165, 1.54) is 0 Å². The van der Waals surface area contributed by atoms with Crippen molar-refractivity contribution >= 4 is 56.0 Å². The largest absolute Gasteiger partial charge is 0.481 e. The van der Waals surface area contributed by atoms with Crippen LogP contribution in [0.5, 0.6) is 0 Å². The van der Waals surface area contributed by atoms with E-state index in [0.717, 1.165) is 13.1 Å². The molecular formula is C29H30ClN3O5S. The average molecular weight is 568 g/mol. The number of nitrogens with one attached hydrogen (secondary N) is 2. The van der Waals surface area contributed by atoms with Crippen LogP contribution in [0.2, 0.25) is 5.02 Å². The van der Waals surface area contributed by atoms with Gasteiger partial charge in [0.1, 0.15) is 0 Å². The summed E-state index contributed by atoms with van der Waals surface area (Å²) in [5.41, 5.74) is 4.00. The Balaban J connectivity index is 1.69. The number of carbonyl (C=O) groups is 2. The number of anilines is 2. The highest BCUT2D eigenvalue weighted by Crippen LogP contribution is 2.39. The molecule has 0 bridgehead atoms. The van der Waals surface area contributed by atoms with E-state index >= 15 is 0 Å². The number of hydrogen-bond acceptors (Lipinski definition) is 6. The molecule has 0 saturated heterocycles. The van der Waals surface area contributed by atoms with Crippen LogP contribution >= 0.6 is 11.6 Å². The SMILES string of the molecule is CCN(CC)CCS(=O)(=O)c1ccc(NC(=C2C(=O)Nc3cc(Cl)ccc32)c2ccc(CC(=O)O)cc2)cc1. The number of benzene rings is 3. The van der Waals surface area contributed by atoms with E-state index in [1.807, 2.05) is 13.8 Å². The van der Waals surface area contributed by atoms with E-state index in [0.29, 0.717) is 50.9 Å². The van der Waals surface area contributed by atoms with Crippen LogP contribution in [-0.4, -0.2) is 55.7 Å². The molecule has 0 unspecified atom stereocenters. The van der Waals surface area contributed by atoms with Crippen molar-refractivity contribution in [3.8, 4) is 0 Å². The van der Waals surface area contributed by atoms with Gasteiger partial charge in [0.15, 0.2) is 9.84 Å². The maximum atomic E-state index is 13.1. The molecule has 1 aliphatic rings. The maximum absolute atomic E-state index is 13.1. The topological polar surface area (TPSA) is 116 Å². The number of sulfone groups is 1. The first-order chi connectivity index (χ1) is 18.6. The van der Waals surface area contributed by atoms with E-state index in [4.69, 9.17) is 16.7 Å². The van der Waals surface area contributed by atoms with Gasteiger partial charge in [-0.3, -0.25) is 9.59 Å². The van der Waals surface area contributed by atoms with Gasteiger partial charge >= 0.3 is 5.97 Å². The minimum Gasteiger partial charge on any atom is -0.481 e. The van der Waals surface area contributed by atoms with Crippen LogP contribution in [0.25, 0.3) is 11.3 Å². The maximum Gasteiger partial charge on any atom is 0.307 e. The molecule has 0 atom stereocenters. The Labute approximate surface area is 233 Å². The molecule has 8 nitrogen and oxygen atoms in total. The molecule has 1 aliphatic heterocycles. The molecule has 0 fully saturated rings. The number of fused-ring (bicyclic) bond motifs is 1. The van der Waals surface area contributed by atoms with Gasteiger partial charge in [-0.15, -0.1) is 0 Å². The molecule has 3 aromatic carbocycles. The minimum absolute atomic E-state index is 0.0267. The Morgan fingerprint density at radius 1 is 1.00 bits per heavy atom.